The molecule has 0 unspecified atom stereocenters. The zero-order valence-electron chi connectivity index (χ0n) is 7.01. The SMILES string of the molecule is Nc1nnc([C@H]2C[C@@H](O)CN2)n1N. The van der Waals surface area contributed by atoms with Gasteiger partial charge >= 0.3 is 0 Å². The van der Waals surface area contributed by atoms with Crippen molar-refractivity contribution in [1.29, 1.82) is 0 Å². The van der Waals surface area contributed by atoms with E-state index in [0.29, 0.717) is 18.8 Å². The maximum atomic E-state index is 9.27. The van der Waals surface area contributed by atoms with E-state index in [0.717, 1.165) is 0 Å². The molecule has 1 saturated heterocycles. The van der Waals surface area contributed by atoms with Gasteiger partial charge in [-0.1, -0.05) is 0 Å². The fraction of sp³-hybridized carbons (Fsp3) is 0.667. The standard InChI is InChI=1S/C6H12N6O/c7-6-11-10-5(12(6)8)4-1-3(13)2-9-4/h3-4,9,13H,1-2,8H2,(H2,7,11)/t3-,4-/m1/s1. The van der Waals surface area contributed by atoms with Gasteiger partial charge in [-0.15, -0.1) is 10.2 Å². The highest BCUT2D eigenvalue weighted by atomic mass is 16.3. The minimum absolute atomic E-state index is 0.0511. The number of β-amino-alcohol motifs (C(OH)–C–C–N with tert-alkyl or cyclic N) is 1. The highest BCUT2D eigenvalue weighted by molar-refractivity contribution is 5.19. The van der Waals surface area contributed by atoms with Crippen molar-refractivity contribution >= 4 is 5.95 Å². The average molecular weight is 184 g/mol. The number of aliphatic hydroxyl groups is 1. The van der Waals surface area contributed by atoms with Gasteiger partial charge in [-0.25, -0.2) is 4.68 Å². The van der Waals surface area contributed by atoms with Crippen molar-refractivity contribution in [3.63, 3.8) is 0 Å². The quantitative estimate of drug-likeness (QED) is 0.374. The van der Waals surface area contributed by atoms with Crippen LogP contribution in [0, 0.1) is 0 Å². The molecule has 2 heterocycles. The van der Waals surface area contributed by atoms with Crippen LogP contribution in [0.3, 0.4) is 0 Å². The lowest BCUT2D eigenvalue weighted by atomic mass is 10.2. The van der Waals surface area contributed by atoms with E-state index in [-0.39, 0.29) is 18.1 Å². The number of nitrogen functional groups attached to an aromatic ring is 2. The lowest BCUT2D eigenvalue weighted by Crippen LogP contribution is -2.23. The van der Waals surface area contributed by atoms with Gasteiger partial charge in [0, 0.05) is 6.54 Å². The molecule has 1 aliphatic heterocycles. The van der Waals surface area contributed by atoms with Gasteiger partial charge in [-0.05, 0) is 6.42 Å². The highest BCUT2D eigenvalue weighted by Gasteiger charge is 2.27. The van der Waals surface area contributed by atoms with Crippen molar-refractivity contribution in [2.24, 2.45) is 0 Å². The molecule has 7 nitrogen and oxygen atoms in total. The van der Waals surface area contributed by atoms with Crippen molar-refractivity contribution in [1.82, 2.24) is 20.2 Å². The molecule has 0 bridgehead atoms. The van der Waals surface area contributed by atoms with Crippen LogP contribution in [0.4, 0.5) is 5.95 Å². The first kappa shape index (κ1) is 8.27. The molecule has 7 heteroatoms. The maximum absolute atomic E-state index is 9.27. The Kier molecular flexibility index (Phi) is 1.82. The van der Waals surface area contributed by atoms with Crippen molar-refractivity contribution in [3.05, 3.63) is 5.82 Å². The molecule has 1 aliphatic rings. The normalized spacial score (nSPS) is 28.1. The summed E-state index contributed by atoms with van der Waals surface area (Å²) in [6.07, 6.45) is 0.248. The van der Waals surface area contributed by atoms with Gasteiger partial charge < -0.3 is 22.0 Å². The second-order valence-corrected chi connectivity index (χ2v) is 3.14. The third-order valence-electron chi connectivity index (χ3n) is 2.17. The average Bonchev–Trinajstić information content (AvgIpc) is 2.62. The first-order valence-electron chi connectivity index (χ1n) is 4.06. The number of hydrogen-bond acceptors (Lipinski definition) is 6. The van der Waals surface area contributed by atoms with Crippen LogP contribution in [0.2, 0.25) is 0 Å². The lowest BCUT2D eigenvalue weighted by Gasteiger charge is -2.07. The van der Waals surface area contributed by atoms with Crippen LogP contribution < -0.4 is 16.9 Å². The predicted molar refractivity (Wildman–Crippen MR) is 46.0 cm³/mol. The van der Waals surface area contributed by atoms with Crippen LogP contribution in [0.1, 0.15) is 18.3 Å². The Morgan fingerprint density at radius 2 is 2.31 bits per heavy atom. The topological polar surface area (TPSA) is 115 Å². The molecule has 1 aromatic heterocycles. The van der Waals surface area contributed by atoms with Gasteiger partial charge in [0.15, 0.2) is 5.82 Å². The number of hydrogen-bond donors (Lipinski definition) is 4. The van der Waals surface area contributed by atoms with E-state index in [1.165, 1.54) is 4.68 Å². The van der Waals surface area contributed by atoms with Crippen LogP contribution in [0.15, 0.2) is 0 Å². The van der Waals surface area contributed by atoms with E-state index >= 15 is 0 Å². The molecular formula is C6H12N6O. The van der Waals surface area contributed by atoms with Gasteiger partial charge in [0.05, 0.1) is 12.1 Å². The van der Waals surface area contributed by atoms with Gasteiger partial charge in [0.1, 0.15) is 0 Å². The Balaban J connectivity index is 2.21. The summed E-state index contributed by atoms with van der Waals surface area (Å²) < 4.78 is 1.23. The van der Waals surface area contributed by atoms with E-state index in [1.54, 1.807) is 0 Å². The number of nitrogens with one attached hydrogen (secondary N) is 1. The molecule has 0 aliphatic carbocycles. The summed E-state index contributed by atoms with van der Waals surface area (Å²) in [5.74, 6) is 6.32. The summed E-state index contributed by atoms with van der Waals surface area (Å²) in [6.45, 7) is 0.553. The third-order valence-corrected chi connectivity index (χ3v) is 2.17. The summed E-state index contributed by atoms with van der Waals surface area (Å²) >= 11 is 0. The molecule has 2 atom stereocenters. The van der Waals surface area contributed by atoms with Crippen LogP contribution in [0.5, 0.6) is 0 Å². The second kappa shape index (κ2) is 2.86. The van der Waals surface area contributed by atoms with Gasteiger partial charge in [0.2, 0.25) is 5.95 Å². The molecule has 1 aromatic rings. The molecule has 0 aromatic carbocycles. The molecule has 0 saturated carbocycles. The zero-order chi connectivity index (χ0) is 9.42. The van der Waals surface area contributed by atoms with Crippen LogP contribution in [-0.2, 0) is 0 Å². The maximum Gasteiger partial charge on any atom is 0.240 e. The Hall–Kier alpha value is -1.34. The summed E-state index contributed by atoms with van der Waals surface area (Å²) in [5.41, 5.74) is 5.42. The molecule has 6 N–H and O–H groups in total. The van der Waals surface area contributed by atoms with Crippen molar-refractivity contribution in [2.45, 2.75) is 18.6 Å². The van der Waals surface area contributed by atoms with Gasteiger partial charge in [-0.2, -0.15) is 0 Å². The van der Waals surface area contributed by atoms with E-state index in [4.69, 9.17) is 11.6 Å². The zero-order valence-corrected chi connectivity index (χ0v) is 7.01. The molecule has 2 rings (SSSR count). The molecule has 0 amide bonds. The summed E-state index contributed by atoms with van der Waals surface area (Å²) in [4.78, 5) is 0. The van der Waals surface area contributed by atoms with E-state index < -0.39 is 0 Å². The first-order valence-corrected chi connectivity index (χ1v) is 4.06. The van der Waals surface area contributed by atoms with Crippen LogP contribution in [-0.4, -0.2) is 32.6 Å². The molecular weight excluding hydrogens is 172 g/mol. The van der Waals surface area contributed by atoms with Crippen LogP contribution >= 0.6 is 0 Å². The Morgan fingerprint density at radius 3 is 2.77 bits per heavy atom. The Morgan fingerprint density at radius 1 is 1.54 bits per heavy atom. The molecule has 72 valence electrons. The molecule has 0 spiro atoms. The van der Waals surface area contributed by atoms with Crippen molar-refractivity contribution in [3.8, 4) is 0 Å². The first-order chi connectivity index (χ1) is 6.18. The van der Waals surface area contributed by atoms with Gasteiger partial charge in [-0.3, -0.25) is 0 Å². The van der Waals surface area contributed by atoms with Crippen molar-refractivity contribution in [2.75, 3.05) is 18.1 Å². The lowest BCUT2D eigenvalue weighted by molar-refractivity contribution is 0.193. The minimum atomic E-state index is -0.345. The Bertz CT molecular complexity index is 310. The fourth-order valence-electron chi connectivity index (χ4n) is 1.47. The number of nitrogens with two attached hydrogens (primary N) is 2. The summed E-state index contributed by atoms with van der Waals surface area (Å²) in [5, 5.41) is 19.8. The van der Waals surface area contributed by atoms with E-state index in [9.17, 15) is 5.11 Å². The van der Waals surface area contributed by atoms with Crippen LogP contribution in [0.25, 0.3) is 0 Å². The molecule has 13 heavy (non-hydrogen) atoms. The predicted octanol–water partition coefficient (Wildman–Crippen LogP) is -2.03. The minimum Gasteiger partial charge on any atom is -0.392 e. The monoisotopic (exact) mass is 184 g/mol. The smallest absolute Gasteiger partial charge is 0.240 e. The number of nitrogens with zero attached hydrogens (tertiary/aromatic N) is 3. The largest absolute Gasteiger partial charge is 0.392 e. The molecule has 0 radical (unpaired) electrons. The summed E-state index contributed by atoms with van der Waals surface area (Å²) in [6, 6.07) is -0.0511. The van der Waals surface area contributed by atoms with Gasteiger partial charge in [0.25, 0.3) is 0 Å². The fourth-order valence-corrected chi connectivity index (χ4v) is 1.47. The van der Waals surface area contributed by atoms with Crippen molar-refractivity contribution < 1.29 is 5.11 Å². The summed E-state index contributed by atoms with van der Waals surface area (Å²) in [7, 11) is 0. The van der Waals surface area contributed by atoms with E-state index in [1.807, 2.05) is 0 Å². The third kappa shape index (κ3) is 1.31. The second-order valence-electron chi connectivity index (χ2n) is 3.14. The number of aliphatic hydroxyl groups excluding tert-OH is 1. The highest BCUT2D eigenvalue weighted by Crippen LogP contribution is 2.21. The number of rotatable bonds is 1. The number of anilines is 1. The van der Waals surface area contributed by atoms with E-state index in [2.05, 4.69) is 15.5 Å². The Labute approximate surface area is 74.7 Å². The molecule has 1 fully saturated rings. The number of aromatic nitrogens is 3.